The molecule has 10 heteroatoms. The SMILES string of the molecule is CC(=O)Nc1ccc(-c2cscc2NS(=O)(=O)c2c(Cl)cc(Cl)cc2Cl)cc1. The molecular formula is C18H13Cl3N2O3S2. The van der Waals surface area contributed by atoms with E-state index in [1.807, 2.05) is 5.38 Å². The zero-order valence-corrected chi connectivity index (χ0v) is 18.2. The molecule has 1 amide bonds. The first-order chi connectivity index (χ1) is 13.2. The van der Waals surface area contributed by atoms with E-state index in [4.69, 9.17) is 34.8 Å². The molecule has 3 rings (SSSR count). The molecule has 0 radical (unpaired) electrons. The summed E-state index contributed by atoms with van der Waals surface area (Å²) in [6.07, 6.45) is 0. The third-order valence-electron chi connectivity index (χ3n) is 3.65. The average molecular weight is 476 g/mol. The Morgan fingerprint density at radius 1 is 1.00 bits per heavy atom. The summed E-state index contributed by atoms with van der Waals surface area (Å²) in [7, 11) is -4.04. The van der Waals surface area contributed by atoms with Crippen molar-refractivity contribution in [2.24, 2.45) is 0 Å². The van der Waals surface area contributed by atoms with Crippen molar-refractivity contribution < 1.29 is 13.2 Å². The monoisotopic (exact) mass is 474 g/mol. The molecule has 1 heterocycles. The summed E-state index contributed by atoms with van der Waals surface area (Å²) in [5, 5.41) is 6.27. The molecule has 0 aliphatic heterocycles. The first-order valence-electron chi connectivity index (χ1n) is 7.79. The number of rotatable bonds is 5. The van der Waals surface area contributed by atoms with E-state index in [0.29, 0.717) is 16.9 Å². The number of nitrogens with one attached hydrogen (secondary N) is 2. The van der Waals surface area contributed by atoms with E-state index in [0.717, 1.165) is 5.56 Å². The van der Waals surface area contributed by atoms with Gasteiger partial charge in [0.15, 0.2) is 0 Å². The van der Waals surface area contributed by atoms with E-state index in [1.165, 1.54) is 30.4 Å². The normalized spacial score (nSPS) is 11.3. The number of amides is 1. The fraction of sp³-hybridized carbons (Fsp3) is 0.0556. The zero-order chi connectivity index (χ0) is 20.5. The van der Waals surface area contributed by atoms with Crippen LogP contribution in [0.25, 0.3) is 11.1 Å². The van der Waals surface area contributed by atoms with E-state index in [2.05, 4.69) is 10.0 Å². The zero-order valence-electron chi connectivity index (χ0n) is 14.3. The summed E-state index contributed by atoms with van der Waals surface area (Å²) >= 11 is 19.3. The van der Waals surface area contributed by atoms with Crippen LogP contribution in [0.4, 0.5) is 11.4 Å². The van der Waals surface area contributed by atoms with Crippen LogP contribution in [0.5, 0.6) is 0 Å². The van der Waals surface area contributed by atoms with Gasteiger partial charge in [-0.15, -0.1) is 11.3 Å². The number of carbonyl (C=O) groups excluding carboxylic acids is 1. The molecule has 2 N–H and O–H groups in total. The Balaban J connectivity index is 1.93. The van der Waals surface area contributed by atoms with Gasteiger partial charge in [-0.05, 0) is 29.8 Å². The standard InChI is InChI=1S/C18H13Cl3N2O3S2/c1-10(24)22-13-4-2-11(3-5-13)14-8-27-9-17(14)23-28(25,26)18-15(20)6-12(19)7-16(18)21/h2-9,23H,1H3,(H,22,24). The molecule has 3 aromatic rings. The third-order valence-corrected chi connectivity index (χ3v) is 6.90. The van der Waals surface area contributed by atoms with Crippen LogP contribution in [0.1, 0.15) is 6.92 Å². The van der Waals surface area contributed by atoms with Crippen LogP contribution in [-0.4, -0.2) is 14.3 Å². The van der Waals surface area contributed by atoms with E-state index < -0.39 is 10.0 Å². The minimum absolute atomic E-state index is 0.0681. The van der Waals surface area contributed by atoms with Gasteiger partial charge in [0.05, 0.1) is 15.7 Å². The maximum atomic E-state index is 12.8. The van der Waals surface area contributed by atoms with Crippen LogP contribution in [-0.2, 0) is 14.8 Å². The second kappa shape index (κ2) is 8.31. The summed E-state index contributed by atoms with van der Waals surface area (Å²) in [6, 6.07) is 9.68. The Morgan fingerprint density at radius 3 is 2.18 bits per heavy atom. The summed E-state index contributed by atoms with van der Waals surface area (Å²) < 4.78 is 28.2. The van der Waals surface area contributed by atoms with Gasteiger partial charge < -0.3 is 5.32 Å². The molecule has 0 saturated carbocycles. The number of benzene rings is 2. The van der Waals surface area contributed by atoms with E-state index in [9.17, 15) is 13.2 Å². The highest BCUT2D eigenvalue weighted by atomic mass is 35.5. The summed E-state index contributed by atoms with van der Waals surface area (Å²) in [4.78, 5) is 10.9. The van der Waals surface area contributed by atoms with Crippen molar-refractivity contribution in [1.29, 1.82) is 0 Å². The molecule has 28 heavy (non-hydrogen) atoms. The number of anilines is 2. The lowest BCUT2D eigenvalue weighted by Gasteiger charge is -2.12. The lowest BCUT2D eigenvalue weighted by Crippen LogP contribution is -2.14. The van der Waals surface area contributed by atoms with Gasteiger partial charge in [0.25, 0.3) is 10.0 Å². The van der Waals surface area contributed by atoms with Crippen LogP contribution >= 0.6 is 46.1 Å². The number of hydrogen-bond donors (Lipinski definition) is 2. The smallest absolute Gasteiger partial charge is 0.264 e. The predicted octanol–water partition coefficient (Wildman–Crippen LogP) is 6.13. The number of carbonyl (C=O) groups is 1. The number of hydrogen-bond acceptors (Lipinski definition) is 4. The van der Waals surface area contributed by atoms with Crippen LogP contribution in [0.3, 0.4) is 0 Å². The molecular weight excluding hydrogens is 463 g/mol. The molecule has 2 aromatic carbocycles. The third kappa shape index (κ3) is 4.61. The Hall–Kier alpha value is -1.77. The quantitative estimate of drug-likeness (QED) is 0.466. The van der Waals surface area contributed by atoms with E-state index >= 15 is 0 Å². The molecule has 0 atom stereocenters. The molecule has 1 aromatic heterocycles. The summed E-state index contributed by atoms with van der Waals surface area (Å²) in [5.41, 5.74) is 2.50. The molecule has 0 aliphatic rings. The molecule has 5 nitrogen and oxygen atoms in total. The predicted molar refractivity (Wildman–Crippen MR) is 116 cm³/mol. The van der Waals surface area contributed by atoms with Gasteiger partial charge in [-0.3, -0.25) is 9.52 Å². The fourth-order valence-corrected chi connectivity index (χ4v) is 6.00. The van der Waals surface area contributed by atoms with Gasteiger partial charge in [0.1, 0.15) is 4.90 Å². The van der Waals surface area contributed by atoms with Crippen LogP contribution in [0.2, 0.25) is 15.1 Å². The molecule has 0 bridgehead atoms. The van der Waals surface area contributed by atoms with Gasteiger partial charge in [-0.1, -0.05) is 46.9 Å². The minimum atomic E-state index is -4.04. The molecule has 0 fully saturated rings. The van der Waals surface area contributed by atoms with Crippen molar-refractivity contribution in [2.45, 2.75) is 11.8 Å². The molecule has 0 spiro atoms. The number of thiophene rings is 1. The van der Waals surface area contributed by atoms with Crippen LogP contribution < -0.4 is 10.0 Å². The highest BCUT2D eigenvalue weighted by Crippen LogP contribution is 2.37. The Kier molecular flexibility index (Phi) is 6.21. The average Bonchev–Trinajstić information content (AvgIpc) is 3.01. The van der Waals surface area contributed by atoms with Crippen molar-refractivity contribution in [3.05, 3.63) is 62.2 Å². The lowest BCUT2D eigenvalue weighted by molar-refractivity contribution is -0.114. The minimum Gasteiger partial charge on any atom is -0.326 e. The topological polar surface area (TPSA) is 75.3 Å². The first-order valence-corrected chi connectivity index (χ1v) is 11.3. The highest BCUT2D eigenvalue weighted by Gasteiger charge is 2.24. The van der Waals surface area contributed by atoms with E-state index in [-0.39, 0.29) is 25.9 Å². The first kappa shape index (κ1) is 21.0. The number of sulfonamides is 1. The Bertz CT molecular complexity index is 1120. The summed E-state index contributed by atoms with van der Waals surface area (Å²) in [5.74, 6) is -0.173. The van der Waals surface area contributed by atoms with Gasteiger partial charge >= 0.3 is 0 Å². The van der Waals surface area contributed by atoms with Gasteiger partial charge in [-0.25, -0.2) is 8.42 Å². The molecule has 0 aliphatic carbocycles. The van der Waals surface area contributed by atoms with Crippen molar-refractivity contribution in [1.82, 2.24) is 0 Å². The highest BCUT2D eigenvalue weighted by molar-refractivity contribution is 7.93. The Morgan fingerprint density at radius 2 is 1.61 bits per heavy atom. The van der Waals surface area contributed by atoms with E-state index in [1.54, 1.807) is 29.6 Å². The van der Waals surface area contributed by atoms with Crippen LogP contribution in [0.15, 0.2) is 52.1 Å². The van der Waals surface area contributed by atoms with Crippen molar-refractivity contribution in [2.75, 3.05) is 10.0 Å². The Labute approximate surface area is 181 Å². The fourth-order valence-electron chi connectivity index (χ4n) is 2.52. The number of halogens is 3. The second-order valence-electron chi connectivity index (χ2n) is 5.76. The van der Waals surface area contributed by atoms with Gasteiger partial charge in [-0.2, -0.15) is 0 Å². The van der Waals surface area contributed by atoms with Crippen LogP contribution in [0, 0.1) is 0 Å². The van der Waals surface area contributed by atoms with Crippen molar-refractivity contribution >= 4 is 73.4 Å². The van der Waals surface area contributed by atoms with Crippen molar-refractivity contribution in [3.63, 3.8) is 0 Å². The lowest BCUT2D eigenvalue weighted by atomic mass is 10.1. The largest absolute Gasteiger partial charge is 0.326 e. The molecule has 0 unspecified atom stereocenters. The van der Waals surface area contributed by atoms with Crippen molar-refractivity contribution in [3.8, 4) is 11.1 Å². The second-order valence-corrected chi connectivity index (χ2v) is 9.38. The maximum absolute atomic E-state index is 12.8. The maximum Gasteiger partial charge on any atom is 0.264 e. The molecule has 0 saturated heterocycles. The van der Waals surface area contributed by atoms with Gasteiger partial charge in [0, 0.05) is 34.0 Å². The molecule has 146 valence electrons. The summed E-state index contributed by atoms with van der Waals surface area (Å²) in [6.45, 7) is 1.42. The van der Waals surface area contributed by atoms with Gasteiger partial charge in [0.2, 0.25) is 5.91 Å².